The lowest BCUT2D eigenvalue weighted by atomic mass is 10.0. The summed E-state index contributed by atoms with van der Waals surface area (Å²) in [5, 5.41) is 0. The maximum atomic E-state index is 12.0. The second kappa shape index (κ2) is 22.6. The Morgan fingerprint density at radius 1 is 0.806 bits per heavy atom. The molecule has 0 saturated carbocycles. The number of quaternary nitrogens is 1. The van der Waals surface area contributed by atoms with Gasteiger partial charge in [-0.25, -0.2) is 0 Å². The van der Waals surface area contributed by atoms with Gasteiger partial charge in [-0.3, -0.25) is 9.36 Å². The molecule has 0 aromatic heterocycles. The number of phosphoric acid groups is 1. The molecule has 0 aliphatic carbocycles. The molecule has 0 aromatic rings. The summed E-state index contributed by atoms with van der Waals surface area (Å²) in [6.45, 7) is 2.72. The smallest absolute Gasteiger partial charge is 0.268 e. The molecule has 0 heterocycles. The van der Waals surface area contributed by atoms with Gasteiger partial charge in [0.2, 0.25) is 0 Å². The molecule has 8 nitrogen and oxygen atoms in total. The Hall–Kier alpha value is -0.340. The molecule has 0 N–H and O–H groups in total. The van der Waals surface area contributed by atoms with E-state index in [1.807, 2.05) is 21.1 Å². The Labute approximate surface area is 221 Å². The van der Waals surface area contributed by atoms with Crippen molar-refractivity contribution in [3.8, 4) is 0 Å². The van der Waals surface area contributed by atoms with Crippen LogP contribution in [0.4, 0.5) is 0 Å². The second-order valence-electron chi connectivity index (χ2n) is 10.8. The first-order valence-corrected chi connectivity index (χ1v) is 15.6. The summed E-state index contributed by atoms with van der Waals surface area (Å²) in [7, 11) is 2.88. The Kier molecular flexibility index (Phi) is 22.4. The van der Waals surface area contributed by atoms with E-state index in [-0.39, 0.29) is 32.2 Å². The molecule has 0 saturated heterocycles. The normalized spacial score (nSPS) is 14.6. The lowest BCUT2D eigenvalue weighted by Gasteiger charge is -2.28. The van der Waals surface area contributed by atoms with Crippen molar-refractivity contribution in [3.63, 3.8) is 0 Å². The van der Waals surface area contributed by atoms with Gasteiger partial charge in [0.15, 0.2) is 5.78 Å². The number of carbonyl (C=O) groups excluding carboxylic acids is 1. The van der Waals surface area contributed by atoms with E-state index in [1.165, 1.54) is 84.2 Å². The zero-order valence-electron chi connectivity index (χ0n) is 24.0. The molecule has 36 heavy (non-hydrogen) atoms. The van der Waals surface area contributed by atoms with Crippen LogP contribution in [0.5, 0.6) is 0 Å². The Morgan fingerprint density at radius 3 is 1.78 bits per heavy atom. The maximum Gasteiger partial charge on any atom is 0.268 e. The van der Waals surface area contributed by atoms with Crippen molar-refractivity contribution < 1.29 is 37.3 Å². The number of ether oxygens (including phenoxy) is 2. The predicted molar refractivity (Wildman–Crippen MR) is 144 cm³/mol. The molecular formula is C27H56NO7P. The highest BCUT2D eigenvalue weighted by Gasteiger charge is 2.17. The molecule has 0 aliphatic heterocycles. The molecule has 0 aromatic carbocycles. The monoisotopic (exact) mass is 537 g/mol. The van der Waals surface area contributed by atoms with Gasteiger partial charge >= 0.3 is 0 Å². The number of carbonyl (C=O) groups is 1. The number of hydrogen-bond donors (Lipinski definition) is 0. The van der Waals surface area contributed by atoms with Crippen LogP contribution >= 0.6 is 7.82 Å². The van der Waals surface area contributed by atoms with E-state index >= 15 is 0 Å². The van der Waals surface area contributed by atoms with E-state index in [0.29, 0.717) is 17.4 Å². The number of nitrogens with zero attached hydrogens (tertiary/aromatic N) is 1. The van der Waals surface area contributed by atoms with Crippen molar-refractivity contribution in [1.29, 1.82) is 0 Å². The van der Waals surface area contributed by atoms with Crippen LogP contribution in [0, 0.1) is 0 Å². The minimum atomic E-state index is -4.40. The average Bonchev–Trinajstić information content (AvgIpc) is 2.80. The summed E-state index contributed by atoms with van der Waals surface area (Å²) < 4.78 is 32.8. The first-order valence-electron chi connectivity index (χ1n) is 14.1. The number of rotatable bonds is 27. The van der Waals surface area contributed by atoms with E-state index < -0.39 is 13.9 Å². The zero-order valence-corrected chi connectivity index (χ0v) is 24.9. The molecule has 2 unspecified atom stereocenters. The topological polar surface area (TPSA) is 94.1 Å². The fourth-order valence-electron chi connectivity index (χ4n) is 3.72. The Morgan fingerprint density at radius 2 is 1.31 bits per heavy atom. The third-order valence-corrected chi connectivity index (χ3v) is 7.10. The molecule has 0 fully saturated rings. The quantitative estimate of drug-likeness (QED) is 0.0757. The van der Waals surface area contributed by atoms with Gasteiger partial charge in [-0.1, -0.05) is 90.4 Å². The molecular weight excluding hydrogens is 481 g/mol. The lowest BCUT2D eigenvalue weighted by molar-refractivity contribution is -0.870. The molecule has 2 atom stereocenters. The molecule has 216 valence electrons. The summed E-state index contributed by atoms with van der Waals surface area (Å²) >= 11 is 0. The highest BCUT2D eigenvalue weighted by molar-refractivity contribution is 7.45. The van der Waals surface area contributed by atoms with Gasteiger partial charge in [0.05, 0.1) is 34.4 Å². The van der Waals surface area contributed by atoms with Gasteiger partial charge in [-0.15, -0.1) is 0 Å². The molecule has 0 rings (SSSR count). The van der Waals surface area contributed by atoms with Gasteiger partial charge in [-0.2, -0.15) is 0 Å². The van der Waals surface area contributed by atoms with E-state index in [1.54, 1.807) is 0 Å². The maximum absolute atomic E-state index is 12.0. The molecule has 0 amide bonds. The molecule has 0 spiro atoms. The third kappa shape index (κ3) is 25.3. The fourth-order valence-corrected chi connectivity index (χ4v) is 4.44. The van der Waals surface area contributed by atoms with Crippen LogP contribution in [0.2, 0.25) is 0 Å². The standard InChI is InChI=1S/C27H56NO7P/c1-6-7-8-9-10-11-12-13-14-15-16-17-18-19-20-26(29)23-33-24-27(32-5)25-35-36(30,31)34-22-21-28(2,3)4/h27H,6-25H2,1-5H3. The summed E-state index contributed by atoms with van der Waals surface area (Å²) in [6, 6.07) is 0. The molecule has 0 radical (unpaired) electrons. The van der Waals surface area contributed by atoms with Gasteiger partial charge in [0.1, 0.15) is 25.9 Å². The van der Waals surface area contributed by atoms with Crippen LogP contribution in [0.3, 0.4) is 0 Å². The minimum Gasteiger partial charge on any atom is -0.756 e. The van der Waals surface area contributed by atoms with Gasteiger partial charge in [0.25, 0.3) is 7.82 Å². The van der Waals surface area contributed by atoms with Crippen molar-refractivity contribution in [2.45, 2.75) is 109 Å². The second-order valence-corrected chi connectivity index (χ2v) is 12.3. The van der Waals surface area contributed by atoms with Gasteiger partial charge in [0, 0.05) is 13.5 Å². The van der Waals surface area contributed by atoms with Crippen LogP contribution in [0.1, 0.15) is 103 Å². The fraction of sp³-hybridized carbons (Fsp3) is 0.963. The van der Waals surface area contributed by atoms with Crippen molar-refractivity contribution >= 4 is 13.6 Å². The van der Waals surface area contributed by atoms with E-state index in [9.17, 15) is 14.3 Å². The van der Waals surface area contributed by atoms with E-state index in [2.05, 4.69) is 6.92 Å². The van der Waals surface area contributed by atoms with Crippen molar-refractivity contribution in [2.75, 3.05) is 61.2 Å². The average molecular weight is 538 g/mol. The highest BCUT2D eigenvalue weighted by Crippen LogP contribution is 2.38. The van der Waals surface area contributed by atoms with E-state index in [0.717, 1.165) is 12.8 Å². The Balaban J connectivity index is 3.65. The van der Waals surface area contributed by atoms with Gasteiger partial charge in [-0.05, 0) is 6.42 Å². The Bertz CT molecular complexity index is 569. The zero-order chi connectivity index (χ0) is 27.1. The third-order valence-electron chi connectivity index (χ3n) is 6.14. The number of unbranched alkanes of at least 4 members (excludes halogenated alkanes) is 13. The minimum absolute atomic E-state index is 0.00728. The van der Waals surface area contributed by atoms with Gasteiger partial charge < -0.3 is 27.9 Å². The number of likely N-dealkylation sites (N-methyl/N-ethyl adjacent to an activating group) is 1. The summed E-state index contributed by atoms with van der Waals surface area (Å²) in [4.78, 5) is 23.9. The van der Waals surface area contributed by atoms with Crippen LogP contribution in [-0.2, 0) is 27.9 Å². The highest BCUT2D eigenvalue weighted by atomic mass is 31.2. The summed E-state index contributed by atoms with van der Waals surface area (Å²) in [5.74, 6) is 0.0582. The molecule has 0 aliphatic rings. The van der Waals surface area contributed by atoms with E-state index in [4.69, 9.17) is 18.5 Å². The van der Waals surface area contributed by atoms with Crippen LogP contribution in [-0.4, -0.2) is 77.6 Å². The number of Topliss-reactive ketones (excluding diaryl/α,β-unsaturated/α-hetero) is 1. The SMILES string of the molecule is CCCCCCCCCCCCCCCCC(=O)COCC(COP(=O)([O-])OCC[N+](C)(C)C)OC. The molecule has 9 heteroatoms. The lowest BCUT2D eigenvalue weighted by Crippen LogP contribution is -2.37. The number of hydrogen-bond acceptors (Lipinski definition) is 7. The number of methoxy groups -OCH3 is 1. The first kappa shape index (κ1) is 35.7. The van der Waals surface area contributed by atoms with Crippen LogP contribution in [0.25, 0.3) is 0 Å². The predicted octanol–water partition coefficient (Wildman–Crippen LogP) is 5.67. The first-order chi connectivity index (χ1) is 17.1. The number of phosphoric ester groups is 1. The summed E-state index contributed by atoms with van der Waals surface area (Å²) in [6.07, 6.45) is 17.9. The number of ketones is 1. The van der Waals surface area contributed by atoms with Crippen LogP contribution in [0.15, 0.2) is 0 Å². The largest absolute Gasteiger partial charge is 0.756 e. The van der Waals surface area contributed by atoms with Crippen LogP contribution < -0.4 is 4.89 Å². The van der Waals surface area contributed by atoms with Crippen molar-refractivity contribution in [1.82, 2.24) is 0 Å². The van der Waals surface area contributed by atoms with Crippen molar-refractivity contribution in [2.24, 2.45) is 0 Å². The van der Waals surface area contributed by atoms with Crippen molar-refractivity contribution in [3.05, 3.63) is 0 Å². The summed E-state index contributed by atoms with van der Waals surface area (Å²) in [5.41, 5.74) is 0. The molecule has 0 bridgehead atoms.